The zero-order chi connectivity index (χ0) is 16.6. The van der Waals surface area contributed by atoms with Gasteiger partial charge in [-0.25, -0.2) is 4.57 Å². The number of nitrogens with zero attached hydrogens (tertiary/aromatic N) is 1. The van der Waals surface area contributed by atoms with Crippen LogP contribution >= 0.6 is 0 Å². The maximum Gasteiger partial charge on any atom is 0.265 e. The first kappa shape index (κ1) is 15.8. The van der Waals surface area contributed by atoms with E-state index < -0.39 is 0 Å². The number of amides is 1. The number of nitrogens with one attached hydrogen (secondary N) is 3. The smallest absolute Gasteiger partial charge is 0.265 e. The molecule has 24 heavy (non-hydrogen) atoms. The molecule has 6 nitrogen and oxygen atoms in total. The summed E-state index contributed by atoms with van der Waals surface area (Å²) in [6.07, 6.45) is 5.45. The first-order chi connectivity index (χ1) is 11.8. The van der Waals surface area contributed by atoms with Gasteiger partial charge in [0.05, 0.1) is 0 Å². The summed E-state index contributed by atoms with van der Waals surface area (Å²) in [7, 11) is 0. The molecule has 0 saturated heterocycles. The van der Waals surface area contributed by atoms with Crippen LogP contribution < -0.4 is 20.2 Å². The molecular weight excluding hydrogens is 304 g/mol. The van der Waals surface area contributed by atoms with Gasteiger partial charge >= 0.3 is 0 Å². The molecule has 3 N–H and O–H groups in total. The Hall–Kier alpha value is -3.12. The van der Waals surface area contributed by atoms with Gasteiger partial charge in [0.1, 0.15) is 24.8 Å². The molecule has 0 spiro atoms. The Morgan fingerprint density at radius 3 is 2.58 bits per heavy atom. The Morgan fingerprint density at radius 2 is 1.88 bits per heavy atom. The highest BCUT2D eigenvalue weighted by atomic mass is 16.5. The standard InChI is InChI=1S/C18H18N4O2/c23-18(21-20-14-22-11-10-19-13-22)16-6-8-17(9-7-16)24-12-15-4-2-1-3-5-15/h1-11,13,20H,12,14H2,(H,21,23)/p+1. The average Bonchev–Trinajstić information content (AvgIpc) is 3.15. The normalized spacial score (nSPS) is 10.3. The van der Waals surface area contributed by atoms with E-state index in [0.717, 1.165) is 11.3 Å². The molecule has 0 bridgehead atoms. The van der Waals surface area contributed by atoms with Crippen LogP contribution in [-0.4, -0.2) is 10.9 Å². The molecule has 1 aromatic heterocycles. The monoisotopic (exact) mass is 323 g/mol. The Morgan fingerprint density at radius 1 is 1.08 bits per heavy atom. The van der Waals surface area contributed by atoms with Crippen LogP contribution in [0.4, 0.5) is 0 Å². The van der Waals surface area contributed by atoms with Crippen LogP contribution in [0.5, 0.6) is 5.75 Å². The van der Waals surface area contributed by atoms with Gasteiger partial charge in [0.25, 0.3) is 5.91 Å². The lowest BCUT2D eigenvalue weighted by Crippen LogP contribution is -2.47. The van der Waals surface area contributed by atoms with E-state index in [1.807, 2.05) is 41.1 Å². The second-order valence-electron chi connectivity index (χ2n) is 5.21. The minimum Gasteiger partial charge on any atom is -0.489 e. The Kier molecular flexibility index (Phi) is 5.21. The predicted octanol–water partition coefficient (Wildman–Crippen LogP) is 1.77. The minimum absolute atomic E-state index is 0.194. The van der Waals surface area contributed by atoms with E-state index in [1.54, 1.807) is 36.8 Å². The van der Waals surface area contributed by atoms with E-state index >= 15 is 0 Å². The lowest BCUT2D eigenvalue weighted by atomic mass is 10.2. The summed E-state index contributed by atoms with van der Waals surface area (Å²) >= 11 is 0. The van der Waals surface area contributed by atoms with Crippen LogP contribution in [0.1, 0.15) is 15.9 Å². The molecule has 0 aliphatic rings. The van der Waals surface area contributed by atoms with E-state index in [1.165, 1.54) is 0 Å². The summed E-state index contributed by atoms with van der Waals surface area (Å²) in [5.74, 6) is 0.534. The zero-order valence-corrected chi connectivity index (χ0v) is 13.1. The van der Waals surface area contributed by atoms with Gasteiger partial charge in [-0.2, -0.15) is 5.43 Å². The number of ether oxygens (including phenoxy) is 1. The van der Waals surface area contributed by atoms with Crippen molar-refractivity contribution < 1.29 is 14.1 Å². The minimum atomic E-state index is -0.194. The predicted molar refractivity (Wildman–Crippen MR) is 88.8 cm³/mol. The number of carbonyl (C=O) groups excluding carboxylic acids is 1. The molecule has 0 aliphatic carbocycles. The van der Waals surface area contributed by atoms with Gasteiger partial charge in [-0.3, -0.25) is 15.2 Å². The zero-order valence-electron chi connectivity index (χ0n) is 13.1. The molecule has 1 heterocycles. The highest BCUT2D eigenvalue weighted by Gasteiger charge is 2.06. The van der Waals surface area contributed by atoms with Gasteiger partial charge in [0.2, 0.25) is 6.33 Å². The molecule has 2 aromatic carbocycles. The number of hydrogen-bond acceptors (Lipinski definition) is 3. The summed E-state index contributed by atoms with van der Waals surface area (Å²) in [4.78, 5) is 15.0. The second kappa shape index (κ2) is 7.94. The fraction of sp³-hybridized carbons (Fsp3) is 0.111. The lowest BCUT2D eigenvalue weighted by molar-refractivity contribution is -0.701. The van der Waals surface area contributed by atoms with Gasteiger partial charge in [-0.1, -0.05) is 30.3 Å². The molecule has 0 radical (unpaired) electrons. The van der Waals surface area contributed by atoms with Gasteiger partial charge in [-0.05, 0) is 29.8 Å². The largest absolute Gasteiger partial charge is 0.489 e. The quantitative estimate of drug-likeness (QED) is 0.458. The van der Waals surface area contributed by atoms with E-state index in [2.05, 4.69) is 15.8 Å². The molecular formula is C18H19N4O2+. The van der Waals surface area contributed by atoms with Crippen LogP contribution in [0.2, 0.25) is 0 Å². The van der Waals surface area contributed by atoms with Crippen LogP contribution in [0.15, 0.2) is 73.3 Å². The molecule has 6 heteroatoms. The van der Waals surface area contributed by atoms with Crippen molar-refractivity contribution in [1.29, 1.82) is 0 Å². The maximum absolute atomic E-state index is 12.0. The van der Waals surface area contributed by atoms with Gasteiger partial charge in [0, 0.05) is 5.56 Å². The lowest BCUT2D eigenvalue weighted by Gasteiger charge is -2.08. The summed E-state index contributed by atoms with van der Waals surface area (Å²) in [5.41, 5.74) is 7.18. The number of hydrogen-bond donors (Lipinski definition) is 3. The van der Waals surface area contributed by atoms with Crippen LogP contribution in [0, 0.1) is 0 Å². The fourth-order valence-electron chi connectivity index (χ4n) is 2.15. The summed E-state index contributed by atoms with van der Waals surface area (Å²) in [6.45, 7) is 0.981. The average molecular weight is 323 g/mol. The Bertz CT molecular complexity index is 755. The summed E-state index contributed by atoms with van der Waals surface area (Å²) < 4.78 is 7.56. The van der Waals surface area contributed by atoms with Crippen molar-refractivity contribution in [2.24, 2.45) is 0 Å². The third kappa shape index (κ3) is 4.44. The van der Waals surface area contributed by atoms with E-state index in [-0.39, 0.29) is 5.91 Å². The number of rotatable bonds is 7. The molecule has 3 aromatic rings. The van der Waals surface area contributed by atoms with Gasteiger partial charge in [0.15, 0.2) is 6.67 Å². The number of H-pyrrole nitrogens is 1. The van der Waals surface area contributed by atoms with Crippen molar-refractivity contribution in [2.75, 3.05) is 0 Å². The fourth-order valence-corrected chi connectivity index (χ4v) is 2.15. The number of benzene rings is 2. The van der Waals surface area contributed by atoms with Crippen molar-refractivity contribution in [3.8, 4) is 5.75 Å². The van der Waals surface area contributed by atoms with Crippen molar-refractivity contribution >= 4 is 5.91 Å². The first-order valence-corrected chi connectivity index (χ1v) is 7.63. The van der Waals surface area contributed by atoms with E-state index in [0.29, 0.717) is 18.8 Å². The highest BCUT2D eigenvalue weighted by Crippen LogP contribution is 2.14. The van der Waals surface area contributed by atoms with Crippen molar-refractivity contribution in [3.63, 3.8) is 0 Å². The Labute approximate surface area is 140 Å². The second-order valence-corrected chi connectivity index (χ2v) is 5.21. The molecule has 3 rings (SSSR count). The van der Waals surface area contributed by atoms with Crippen LogP contribution in [-0.2, 0) is 13.3 Å². The maximum atomic E-state index is 12.0. The SMILES string of the molecule is O=C(NNC[n+]1cc[nH]c1)c1ccc(OCc2ccccc2)cc1. The highest BCUT2D eigenvalue weighted by molar-refractivity contribution is 5.93. The number of carbonyl (C=O) groups is 1. The Balaban J connectivity index is 1.47. The molecule has 0 fully saturated rings. The first-order valence-electron chi connectivity index (χ1n) is 7.63. The molecule has 0 saturated carbocycles. The molecule has 122 valence electrons. The molecule has 0 atom stereocenters. The van der Waals surface area contributed by atoms with Crippen LogP contribution in [0.3, 0.4) is 0 Å². The number of imidazole rings is 1. The molecule has 0 aliphatic heterocycles. The summed E-state index contributed by atoms with van der Waals surface area (Å²) in [6, 6.07) is 17.0. The van der Waals surface area contributed by atoms with Crippen molar-refractivity contribution in [2.45, 2.75) is 13.3 Å². The van der Waals surface area contributed by atoms with Crippen molar-refractivity contribution in [3.05, 3.63) is 84.4 Å². The van der Waals surface area contributed by atoms with Gasteiger partial charge in [-0.15, -0.1) is 0 Å². The van der Waals surface area contributed by atoms with E-state index in [9.17, 15) is 4.79 Å². The molecule has 1 amide bonds. The van der Waals surface area contributed by atoms with Gasteiger partial charge < -0.3 is 4.74 Å². The number of aromatic amines is 1. The third-order valence-electron chi connectivity index (χ3n) is 3.43. The number of hydrazine groups is 1. The number of aromatic nitrogens is 2. The third-order valence-corrected chi connectivity index (χ3v) is 3.43. The van der Waals surface area contributed by atoms with E-state index in [4.69, 9.17) is 4.74 Å². The molecule has 0 unspecified atom stereocenters. The topological polar surface area (TPSA) is 70.0 Å². The van der Waals surface area contributed by atoms with Crippen molar-refractivity contribution in [1.82, 2.24) is 15.8 Å². The van der Waals surface area contributed by atoms with Crippen LogP contribution in [0.25, 0.3) is 0 Å². The summed E-state index contributed by atoms with van der Waals surface area (Å²) in [5, 5.41) is 0.